The summed E-state index contributed by atoms with van der Waals surface area (Å²) in [4.78, 5) is 32.6. The standard InChI is InChI=1S/C17H26N2O4/c1-17(2,3)23-16(21)19-12-6-4-7-13(14(19)9-8-12)15(20)18-10-5-11-22-18/h7,12,14H,4-6,8-11H2,1-3H3/t12?,14-/m1/s1. The summed E-state index contributed by atoms with van der Waals surface area (Å²) in [6.45, 7) is 6.81. The van der Waals surface area contributed by atoms with Crippen molar-refractivity contribution in [3.05, 3.63) is 11.6 Å². The molecule has 0 aliphatic carbocycles. The number of carbonyl (C=O) groups excluding carboxylic acids is 2. The number of ether oxygens (including phenoxy) is 1. The number of hydrogen-bond donors (Lipinski definition) is 0. The van der Waals surface area contributed by atoms with E-state index in [4.69, 9.17) is 9.57 Å². The van der Waals surface area contributed by atoms with Crippen molar-refractivity contribution in [2.75, 3.05) is 13.2 Å². The van der Waals surface area contributed by atoms with E-state index in [1.165, 1.54) is 5.06 Å². The fourth-order valence-corrected chi connectivity index (χ4v) is 3.61. The Labute approximate surface area is 137 Å². The van der Waals surface area contributed by atoms with Crippen LogP contribution in [-0.4, -0.2) is 52.8 Å². The minimum absolute atomic E-state index is 0.0939. The molecule has 2 atom stereocenters. The van der Waals surface area contributed by atoms with Crippen molar-refractivity contribution in [1.82, 2.24) is 9.96 Å². The minimum atomic E-state index is -0.533. The van der Waals surface area contributed by atoms with E-state index in [0.717, 1.165) is 32.1 Å². The van der Waals surface area contributed by atoms with E-state index in [0.29, 0.717) is 18.7 Å². The molecule has 3 rings (SSSR count). The summed E-state index contributed by atoms with van der Waals surface area (Å²) in [6.07, 6.45) is 5.98. The van der Waals surface area contributed by atoms with Gasteiger partial charge in [0.25, 0.3) is 5.91 Å². The molecule has 0 saturated carbocycles. The number of nitrogens with zero attached hydrogens (tertiary/aromatic N) is 2. The molecule has 0 N–H and O–H groups in total. The Kier molecular flexibility index (Phi) is 4.36. The second kappa shape index (κ2) is 6.15. The molecular weight excluding hydrogens is 296 g/mol. The van der Waals surface area contributed by atoms with Crippen LogP contribution in [0.1, 0.15) is 52.9 Å². The first kappa shape index (κ1) is 16.3. The largest absolute Gasteiger partial charge is 0.444 e. The quantitative estimate of drug-likeness (QED) is 0.744. The lowest BCUT2D eigenvalue weighted by Crippen LogP contribution is -2.46. The van der Waals surface area contributed by atoms with Crippen molar-refractivity contribution in [2.24, 2.45) is 0 Å². The van der Waals surface area contributed by atoms with Gasteiger partial charge in [0.15, 0.2) is 0 Å². The number of allylic oxidation sites excluding steroid dienone is 1. The Hall–Kier alpha value is -1.56. The number of hydroxylamine groups is 2. The van der Waals surface area contributed by atoms with E-state index in [2.05, 4.69) is 0 Å². The monoisotopic (exact) mass is 322 g/mol. The van der Waals surface area contributed by atoms with Crippen LogP contribution in [0.25, 0.3) is 0 Å². The predicted molar refractivity (Wildman–Crippen MR) is 84.5 cm³/mol. The van der Waals surface area contributed by atoms with Crippen LogP contribution in [0.15, 0.2) is 11.6 Å². The molecule has 0 aromatic heterocycles. The number of carbonyl (C=O) groups is 2. The molecule has 3 aliphatic heterocycles. The first-order valence-electron chi connectivity index (χ1n) is 8.53. The van der Waals surface area contributed by atoms with Crippen LogP contribution in [0.4, 0.5) is 4.79 Å². The summed E-state index contributed by atoms with van der Waals surface area (Å²) in [5, 5.41) is 1.44. The van der Waals surface area contributed by atoms with Crippen molar-refractivity contribution < 1.29 is 19.2 Å². The van der Waals surface area contributed by atoms with Crippen molar-refractivity contribution in [3.8, 4) is 0 Å². The number of hydrogen-bond acceptors (Lipinski definition) is 4. The molecule has 2 fully saturated rings. The van der Waals surface area contributed by atoms with Crippen molar-refractivity contribution in [1.29, 1.82) is 0 Å². The fourth-order valence-electron chi connectivity index (χ4n) is 3.61. The molecule has 0 aromatic rings. The molecular formula is C17H26N2O4. The molecule has 6 heteroatoms. The van der Waals surface area contributed by atoms with Crippen LogP contribution < -0.4 is 0 Å². The Morgan fingerprint density at radius 2 is 2.04 bits per heavy atom. The molecule has 0 radical (unpaired) electrons. The highest BCUT2D eigenvalue weighted by molar-refractivity contribution is 5.95. The van der Waals surface area contributed by atoms with Crippen LogP contribution in [0.5, 0.6) is 0 Å². The van der Waals surface area contributed by atoms with Crippen molar-refractivity contribution >= 4 is 12.0 Å². The molecule has 2 saturated heterocycles. The van der Waals surface area contributed by atoms with Gasteiger partial charge in [-0.15, -0.1) is 0 Å². The van der Waals surface area contributed by atoms with Crippen molar-refractivity contribution in [2.45, 2.75) is 70.6 Å². The Balaban J connectivity index is 1.80. The first-order chi connectivity index (χ1) is 10.9. The van der Waals surface area contributed by atoms with E-state index >= 15 is 0 Å². The number of rotatable bonds is 1. The topological polar surface area (TPSA) is 59.1 Å². The molecule has 128 valence electrons. The van der Waals surface area contributed by atoms with Gasteiger partial charge in [0.05, 0.1) is 19.2 Å². The Bertz CT molecular complexity index is 517. The average Bonchev–Trinajstić information content (AvgIpc) is 3.04. The summed E-state index contributed by atoms with van der Waals surface area (Å²) in [5.74, 6) is -0.0939. The van der Waals surface area contributed by atoms with Crippen LogP contribution in [0, 0.1) is 0 Å². The molecule has 1 unspecified atom stereocenters. The highest BCUT2D eigenvalue weighted by Crippen LogP contribution is 2.36. The minimum Gasteiger partial charge on any atom is -0.444 e. The van der Waals surface area contributed by atoms with E-state index in [9.17, 15) is 9.59 Å². The lowest BCUT2D eigenvalue weighted by molar-refractivity contribution is -0.164. The second-order valence-corrected chi connectivity index (χ2v) is 7.47. The molecule has 2 bridgehead atoms. The van der Waals surface area contributed by atoms with Gasteiger partial charge in [0.2, 0.25) is 0 Å². The van der Waals surface area contributed by atoms with Gasteiger partial charge >= 0.3 is 6.09 Å². The smallest absolute Gasteiger partial charge is 0.411 e. The van der Waals surface area contributed by atoms with E-state index in [-0.39, 0.29) is 24.1 Å². The maximum Gasteiger partial charge on any atom is 0.411 e. The average molecular weight is 322 g/mol. The van der Waals surface area contributed by atoms with Gasteiger partial charge in [-0.05, 0) is 52.9 Å². The van der Waals surface area contributed by atoms with Gasteiger partial charge in [-0.2, -0.15) is 0 Å². The van der Waals surface area contributed by atoms with Crippen LogP contribution in [-0.2, 0) is 14.4 Å². The fraction of sp³-hybridized carbons (Fsp3) is 0.765. The van der Waals surface area contributed by atoms with Gasteiger partial charge in [-0.25, -0.2) is 9.86 Å². The third-order valence-corrected chi connectivity index (χ3v) is 4.56. The van der Waals surface area contributed by atoms with Crippen LogP contribution >= 0.6 is 0 Å². The van der Waals surface area contributed by atoms with E-state index in [1.54, 1.807) is 4.90 Å². The van der Waals surface area contributed by atoms with Gasteiger partial charge in [0.1, 0.15) is 5.60 Å². The summed E-state index contributed by atoms with van der Waals surface area (Å²) >= 11 is 0. The lowest BCUT2D eigenvalue weighted by Gasteiger charge is -2.32. The summed E-state index contributed by atoms with van der Waals surface area (Å²) in [5.41, 5.74) is 0.159. The first-order valence-corrected chi connectivity index (χ1v) is 8.53. The summed E-state index contributed by atoms with van der Waals surface area (Å²) < 4.78 is 5.57. The number of amides is 2. The third-order valence-electron chi connectivity index (χ3n) is 4.56. The van der Waals surface area contributed by atoms with E-state index in [1.807, 2.05) is 26.8 Å². The molecule has 3 aliphatic rings. The molecule has 23 heavy (non-hydrogen) atoms. The normalized spacial score (nSPS) is 27.7. The number of fused-ring (bicyclic) bond motifs is 2. The van der Waals surface area contributed by atoms with Gasteiger partial charge < -0.3 is 4.74 Å². The lowest BCUT2D eigenvalue weighted by atomic mass is 9.99. The third kappa shape index (κ3) is 3.37. The van der Waals surface area contributed by atoms with Crippen molar-refractivity contribution in [3.63, 3.8) is 0 Å². The predicted octanol–water partition coefficient (Wildman–Crippen LogP) is 2.64. The Morgan fingerprint density at radius 1 is 1.26 bits per heavy atom. The highest BCUT2D eigenvalue weighted by Gasteiger charge is 2.44. The maximum atomic E-state index is 12.7. The van der Waals surface area contributed by atoms with Crippen LogP contribution in [0.3, 0.4) is 0 Å². The maximum absolute atomic E-state index is 12.7. The van der Waals surface area contributed by atoms with E-state index < -0.39 is 5.60 Å². The van der Waals surface area contributed by atoms with Gasteiger partial charge in [-0.3, -0.25) is 14.5 Å². The van der Waals surface area contributed by atoms with Crippen LogP contribution in [0.2, 0.25) is 0 Å². The molecule has 6 nitrogen and oxygen atoms in total. The molecule has 2 amide bonds. The zero-order chi connectivity index (χ0) is 16.6. The zero-order valence-corrected chi connectivity index (χ0v) is 14.2. The summed E-state index contributed by atoms with van der Waals surface area (Å²) in [7, 11) is 0. The second-order valence-electron chi connectivity index (χ2n) is 7.47. The van der Waals surface area contributed by atoms with Gasteiger partial charge in [0, 0.05) is 11.6 Å². The summed E-state index contributed by atoms with van der Waals surface area (Å²) in [6, 6.07) is -0.0232. The van der Waals surface area contributed by atoms with Gasteiger partial charge in [-0.1, -0.05) is 6.08 Å². The zero-order valence-electron chi connectivity index (χ0n) is 14.2. The highest BCUT2D eigenvalue weighted by atomic mass is 16.7. The molecule has 0 spiro atoms. The Morgan fingerprint density at radius 3 is 2.70 bits per heavy atom. The molecule has 3 heterocycles. The SMILES string of the molecule is CC(C)(C)OC(=O)N1C2CCC=C(C(=O)N3CCCO3)[C@H]1CC2. The molecule has 0 aromatic carbocycles.